The number of aryl methyl sites for hydroxylation is 1. The van der Waals surface area contributed by atoms with E-state index in [-0.39, 0.29) is 0 Å². The first-order chi connectivity index (χ1) is 11.9. The lowest BCUT2D eigenvalue weighted by atomic mass is 9.90. The number of benzene rings is 3. The van der Waals surface area contributed by atoms with Gasteiger partial charge in [0, 0.05) is 5.56 Å². The van der Waals surface area contributed by atoms with E-state index in [4.69, 9.17) is 9.47 Å². The summed E-state index contributed by atoms with van der Waals surface area (Å²) in [5.41, 5.74) is 5.90. The van der Waals surface area contributed by atoms with Crippen LogP contribution in [0.15, 0.2) is 66.7 Å². The van der Waals surface area contributed by atoms with Crippen LogP contribution in [0.1, 0.15) is 18.9 Å². The molecule has 0 aromatic heterocycles. The second kappa shape index (κ2) is 6.40. The molecule has 0 N–H and O–H groups in total. The van der Waals surface area contributed by atoms with Crippen LogP contribution in [0.3, 0.4) is 0 Å². The molecule has 2 heteroatoms. The first-order valence-electron chi connectivity index (χ1n) is 8.44. The van der Waals surface area contributed by atoms with Crippen molar-refractivity contribution < 1.29 is 9.47 Å². The van der Waals surface area contributed by atoms with Gasteiger partial charge in [-0.1, -0.05) is 74.0 Å². The minimum Gasteiger partial charge on any atom is -0.453 e. The summed E-state index contributed by atoms with van der Waals surface area (Å²) in [6, 6.07) is 23.2. The fourth-order valence-corrected chi connectivity index (χ4v) is 3.33. The molecule has 0 saturated heterocycles. The van der Waals surface area contributed by atoms with Crippen molar-refractivity contribution >= 4 is 0 Å². The summed E-state index contributed by atoms with van der Waals surface area (Å²) in [5.74, 6) is 1.79. The molecule has 120 valence electrons. The van der Waals surface area contributed by atoms with Crippen LogP contribution in [0.4, 0.5) is 0 Å². The Morgan fingerprint density at radius 3 is 2.08 bits per heavy atom. The maximum Gasteiger partial charge on any atom is 0.231 e. The number of hydrogen-bond acceptors (Lipinski definition) is 2. The van der Waals surface area contributed by atoms with Crippen LogP contribution in [0.25, 0.3) is 22.3 Å². The van der Waals surface area contributed by atoms with E-state index in [1.54, 1.807) is 0 Å². The first-order valence-corrected chi connectivity index (χ1v) is 8.44. The molecule has 0 bridgehead atoms. The van der Waals surface area contributed by atoms with Crippen molar-refractivity contribution in [3.8, 4) is 33.8 Å². The highest BCUT2D eigenvalue weighted by molar-refractivity contribution is 5.90. The topological polar surface area (TPSA) is 18.5 Å². The van der Waals surface area contributed by atoms with Crippen molar-refractivity contribution in [2.24, 2.45) is 0 Å². The molecule has 0 amide bonds. The molecule has 0 unspecified atom stereocenters. The van der Waals surface area contributed by atoms with E-state index < -0.39 is 0 Å². The van der Waals surface area contributed by atoms with Gasteiger partial charge in [0.25, 0.3) is 0 Å². The third kappa shape index (κ3) is 2.54. The van der Waals surface area contributed by atoms with Gasteiger partial charge in [-0.2, -0.15) is 0 Å². The van der Waals surface area contributed by atoms with Crippen LogP contribution in [-0.2, 0) is 6.42 Å². The Bertz CT molecular complexity index is 839. The highest BCUT2D eigenvalue weighted by Gasteiger charge is 2.26. The van der Waals surface area contributed by atoms with Gasteiger partial charge in [-0.25, -0.2) is 0 Å². The van der Waals surface area contributed by atoms with E-state index in [1.165, 1.54) is 16.7 Å². The monoisotopic (exact) mass is 316 g/mol. The SMILES string of the molecule is CCCc1cc(-c2ccccc2)c(-c2ccccc2)c2c1OCO2. The zero-order chi connectivity index (χ0) is 16.4. The van der Waals surface area contributed by atoms with E-state index >= 15 is 0 Å². The average Bonchev–Trinajstić information content (AvgIpc) is 3.13. The number of fused-ring (bicyclic) bond motifs is 1. The highest BCUT2D eigenvalue weighted by Crippen LogP contribution is 2.49. The van der Waals surface area contributed by atoms with Crippen LogP contribution >= 0.6 is 0 Å². The second-order valence-corrected chi connectivity index (χ2v) is 6.01. The summed E-state index contributed by atoms with van der Waals surface area (Å²) in [7, 11) is 0. The van der Waals surface area contributed by atoms with Crippen molar-refractivity contribution in [2.75, 3.05) is 6.79 Å². The predicted octanol–water partition coefficient (Wildman–Crippen LogP) is 5.70. The molecule has 1 heterocycles. The second-order valence-electron chi connectivity index (χ2n) is 6.01. The molecular weight excluding hydrogens is 296 g/mol. The van der Waals surface area contributed by atoms with E-state index in [0.29, 0.717) is 6.79 Å². The van der Waals surface area contributed by atoms with E-state index in [9.17, 15) is 0 Å². The first kappa shape index (κ1) is 14.8. The molecule has 2 nitrogen and oxygen atoms in total. The fourth-order valence-electron chi connectivity index (χ4n) is 3.33. The Morgan fingerprint density at radius 1 is 0.792 bits per heavy atom. The van der Waals surface area contributed by atoms with Gasteiger partial charge in [0.05, 0.1) is 0 Å². The Morgan fingerprint density at radius 2 is 1.42 bits per heavy atom. The van der Waals surface area contributed by atoms with E-state index in [2.05, 4.69) is 61.5 Å². The Hall–Kier alpha value is -2.74. The fraction of sp³-hybridized carbons (Fsp3) is 0.182. The average molecular weight is 316 g/mol. The molecule has 0 saturated carbocycles. The third-order valence-corrected chi connectivity index (χ3v) is 4.39. The summed E-state index contributed by atoms with van der Waals surface area (Å²) >= 11 is 0. The zero-order valence-corrected chi connectivity index (χ0v) is 13.8. The molecule has 3 aromatic carbocycles. The summed E-state index contributed by atoms with van der Waals surface area (Å²) in [5, 5.41) is 0. The van der Waals surface area contributed by atoms with E-state index in [1.807, 2.05) is 12.1 Å². The molecule has 3 aromatic rings. The largest absolute Gasteiger partial charge is 0.453 e. The minimum absolute atomic E-state index is 0.296. The molecule has 0 radical (unpaired) electrons. The van der Waals surface area contributed by atoms with Gasteiger partial charge in [0.15, 0.2) is 11.5 Å². The van der Waals surface area contributed by atoms with Gasteiger partial charge in [0.2, 0.25) is 6.79 Å². The van der Waals surface area contributed by atoms with Crippen molar-refractivity contribution in [3.05, 3.63) is 72.3 Å². The predicted molar refractivity (Wildman–Crippen MR) is 97.4 cm³/mol. The molecule has 0 fully saturated rings. The van der Waals surface area contributed by atoms with Crippen molar-refractivity contribution in [1.82, 2.24) is 0 Å². The molecular formula is C22H20O2. The minimum atomic E-state index is 0.296. The van der Waals surface area contributed by atoms with E-state index in [0.717, 1.165) is 35.5 Å². The normalized spacial score (nSPS) is 12.4. The molecule has 0 spiro atoms. The van der Waals surface area contributed by atoms with Gasteiger partial charge in [-0.15, -0.1) is 0 Å². The van der Waals surface area contributed by atoms with Crippen LogP contribution in [0.2, 0.25) is 0 Å². The van der Waals surface area contributed by atoms with Gasteiger partial charge in [0.1, 0.15) is 0 Å². The summed E-state index contributed by atoms with van der Waals surface area (Å²) in [6.45, 7) is 2.49. The Kier molecular flexibility index (Phi) is 3.96. The standard InChI is InChI=1S/C22H20O2/c1-2-9-18-14-19(16-10-5-3-6-11-16)20(17-12-7-4-8-13-17)22-21(18)23-15-24-22/h3-8,10-14H,2,9,15H2,1H3. The number of hydrogen-bond donors (Lipinski definition) is 0. The van der Waals surface area contributed by atoms with Crippen molar-refractivity contribution in [2.45, 2.75) is 19.8 Å². The molecule has 0 atom stereocenters. The van der Waals surface area contributed by atoms with Gasteiger partial charge in [-0.05, 0) is 34.7 Å². The molecule has 1 aliphatic rings. The summed E-state index contributed by atoms with van der Waals surface area (Å²) in [4.78, 5) is 0. The Balaban J connectivity index is 2.02. The van der Waals surface area contributed by atoms with Crippen LogP contribution in [0.5, 0.6) is 11.5 Å². The maximum atomic E-state index is 5.91. The van der Waals surface area contributed by atoms with Crippen LogP contribution in [0, 0.1) is 0 Å². The third-order valence-electron chi connectivity index (χ3n) is 4.39. The lowest BCUT2D eigenvalue weighted by Gasteiger charge is -2.16. The molecule has 1 aliphatic heterocycles. The number of rotatable bonds is 4. The quantitative estimate of drug-likeness (QED) is 0.614. The van der Waals surface area contributed by atoms with Crippen LogP contribution in [-0.4, -0.2) is 6.79 Å². The maximum absolute atomic E-state index is 5.91. The van der Waals surface area contributed by atoms with Crippen molar-refractivity contribution in [1.29, 1.82) is 0 Å². The lowest BCUT2D eigenvalue weighted by molar-refractivity contribution is 0.173. The summed E-state index contributed by atoms with van der Waals surface area (Å²) in [6.07, 6.45) is 2.06. The highest BCUT2D eigenvalue weighted by atomic mass is 16.7. The smallest absolute Gasteiger partial charge is 0.231 e. The van der Waals surface area contributed by atoms with Crippen molar-refractivity contribution in [3.63, 3.8) is 0 Å². The zero-order valence-electron chi connectivity index (χ0n) is 13.8. The molecule has 24 heavy (non-hydrogen) atoms. The van der Waals surface area contributed by atoms with Crippen LogP contribution < -0.4 is 9.47 Å². The molecule has 0 aliphatic carbocycles. The summed E-state index contributed by atoms with van der Waals surface area (Å²) < 4.78 is 11.7. The van der Waals surface area contributed by atoms with Gasteiger partial charge >= 0.3 is 0 Å². The lowest BCUT2D eigenvalue weighted by Crippen LogP contribution is -1.94. The molecule has 4 rings (SSSR count). The van der Waals surface area contributed by atoms with Gasteiger partial charge in [-0.3, -0.25) is 0 Å². The Labute approximate surface area is 142 Å². The van der Waals surface area contributed by atoms with Gasteiger partial charge < -0.3 is 9.47 Å². The number of ether oxygens (including phenoxy) is 2.